The van der Waals surface area contributed by atoms with Crippen LogP contribution >= 0.6 is 0 Å². The molecule has 2 heterocycles. The summed E-state index contributed by atoms with van der Waals surface area (Å²) in [5.41, 5.74) is 4.40. The minimum Gasteiger partial charge on any atom is -0.455 e. The van der Waals surface area contributed by atoms with Crippen LogP contribution in [0.1, 0.15) is 43.5 Å². The third-order valence-corrected chi connectivity index (χ3v) is 6.08. The molecule has 3 N–H and O–H groups in total. The molecule has 0 fully saturated rings. The largest absolute Gasteiger partial charge is 0.455 e. The fourth-order valence-corrected chi connectivity index (χ4v) is 3.85. The van der Waals surface area contributed by atoms with Crippen LogP contribution < -0.4 is 20.7 Å². The Hall–Kier alpha value is -4.64. The maximum Gasteiger partial charge on any atom is 0.315 e. The summed E-state index contributed by atoms with van der Waals surface area (Å²) in [6.07, 6.45) is 5.04. The third kappa shape index (κ3) is 6.98. The number of hydrogen-bond acceptors (Lipinski definition) is 6. The van der Waals surface area contributed by atoms with E-state index in [0.29, 0.717) is 11.6 Å². The first-order chi connectivity index (χ1) is 18.4. The van der Waals surface area contributed by atoms with Gasteiger partial charge in [0.1, 0.15) is 23.6 Å². The Bertz CT molecular complexity index is 1470. The van der Waals surface area contributed by atoms with Gasteiger partial charge in [0.15, 0.2) is 0 Å². The summed E-state index contributed by atoms with van der Waals surface area (Å²) >= 11 is 0. The molecule has 0 atom stereocenters. The summed E-state index contributed by atoms with van der Waals surface area (Å²) in [7, 11) is 0. The molecule has 8 nitrogen and oxygen atoms in total. The molecule has 0 aliphatic heterocycles. The number of nitrogens with one attached hydrogen (secondary N) is 3. The fourth-order valence-electron chi connectivity index (χ4n) is 3.85. The van der Waals surface area contributed by atoms with Crippen LogP contribution in [0.3, 0.4) is 0 Å². The van der Waals surface area contributed by atoms with Gasteiger partial charge in [0.25, 0.3) is 0 Å². The summed E-state index contributed by atoms with van der Waals surface area (Å²) in [6, 6.07) is 15.4. The van der Waals surface area contributed by atoms with Crippen molar-refractivity contribution in [2.24, 2.45) is 0 Å². The van der Waals surface area contributed by atoms with Crippen molar-refractivity contribution in [1.82, 2.24) is 25.6 Å². The number of amides is 2. The van der Waals surface area contributed by atoms with Gasteiger partial charge >= 0.3 is 6.03 Å². The number of benzene rings is 2. The Morgan fingerprint density at radius 3 is 2.58 bits per heavy atom. The zero-order valence-electron chi connectivity index (χ0n) is 22.1. The highest BCUT2D eigenvalue weighted by Crippen LogP contribution is 2.29. The van der Waals surface area contributed by atoms with E-state index in [4.69, 9.17) is 4.74 Å². The SMILES string of the molecule is CCC(CC)NC(=O)NCC#Cc1ccc2ncnc(Nc3ccc(Oc4ccc(C)nc4)c(C)c3)c2c1. The number of hydrogen-bond donors (Lipinski definition) is 3. The molecule has 0 saturated carbocycles. The molecule has 0 spiro atoms. The standard InChI is InChI=1S/C30H32N6O2/c1-5-23(6-2)36-30(37)31-15-7-8-22-10-13-27-26(17-22)29(34-19-33-27)35-24-11-14-28(20(3)16-24)38-25-12-9-21(4)32-18-25/h9-14,16-19,23H,5-6,15H2,1-4H3,(H2,31,36,37)(H,33,34,35). The monoisotopic (exact) mass is 508 g/mol. The van der Waals surface area contributed by atoms with E-state index >= 15 is 0 Å². The zero-order valence-corrected chi connectivity index (χ0v) is 22.1. The maximum atomic E-state index is 12.0. The Balaban J connectivity index is 1.45. The van der Waals surface area contributed by atoms with E-state index in [-0.39, 0.29) is 18.6 Å². The van der Waals surface area contributed by atoms with Crippen LogP contribution in [0.15, 0.2) is 61.1 Å². The van der Waals surface area contributed by atoms with E-state index in [9.17, 15) is 4.79 Å². The normalized spacial score (nSPS) is 10.6. The van der Waals surface area contributed by atoms with Gasteiger partial charge in [0.2, 0.25) is 0 Å². The molecule has 2 aromatic heterocycles. The lowest BCUT2D eigenvalue weighted by molar-refractivity contribution is 0.237. The van der Waals surface area contributed by atoms with Crippen molar-refractivity contribution in [2.45, 2.75) is 46.6 Å². The van der Waals surface area contributed by atoms with Crippen molar-refractivity contribution in [3.8, 4) is 23.3 Å². The first kappa shape index (κ1) is 26.4. The van der Waals surface area contributed by atoms with E-state index in [1.54, 1.807) is 6.20 Å². The molecule has 2 amide bonds. The van der Waals surface area contributed by atoms with Gasteiger partial charge in [0, 0.05) is 28.4 Å². The minimum absolute atomic E-state index is 0.173. The summed E-state index contributed by atoms with van der Waals surface area (Å²) in [5, 5.41) is 9.97. The third-order valence-electron chi connectivity index (χ3n) is 6.08. The van der Waals surface area contributed by atoms with Crippen LogP contribution in [0.25, 0.3) is 10.9 Å². The van der Waals surface area contributed by atoms with Gasteiger partial charge < -0.3 is 20.7 Å². The predicted octanol–water partition coefficient (Wildman–Crippen LogP) is 6.02. The van der Waals surface area contributed by atoms with Crippen molar-refractivity contribution in [2.75, 3.05) is 11.9 Å². The van der Waals surface area contributed by atoms with E-state index in [0.717, 1.165) is 52.0 Å². The molecule has 0 unspecified atom stereocenters. The van der Waals surface area contributed by atoms with Crippen LogP contribution in [-0.2, 0) is 0 Å². The second-order valence-electron chi connectivity index (χ2n) is 8.94. The van der Waals surface area contributed by atoms with Crippen molar-refractivity contribution in [3.63, 3.8) is 0 Å². The Morgan fingerprint density at radius 1 is 1.00 bits per heavy atom. The Labute approximate surface area is 223 Å². The average Bonchev–Trinajstić information content (AvgIpc) is 2.92. The van der Waals surface area contributed by atoms with E-state index in [1.807, 2.05) is 62.4 Å². The lowest BCUT2D eigenvalue weighted by Gasteiger charge is -2.14. The van der Waals surface area contributed by atoms with Gasteiger partial charge in [-0.05, 0) is 80.8 Å². The van der Waals surface area contributed by atoms with Gasteiger partial charge in [-0.2, -0.15) is 0 Å². The quantitative estimate of drug-likeness (QED) is 0.252. The number of fused-ring (bicyclic) bond motifs is 1. The summed E-state index contributed by atoms with van der Waals surface area (Å²) in [6.45, 7) is 8.29. The number of ether oxygens (including phenoxy) is 1. The fraction of sp³-hybridized carbons (Fsp3) is 0.267. The molecular formula is C30H32N6O2. The molecule has 194 valence electrons. The highest BCUT2D eigenvalue weighted by molar-refractivity contribution is 5.91. The molecule has 4 aromatic rings. The number of urea groups is 1. The second-order valence-corrected chi connectivity index (χ2v) is 8.94. The molecule has 0 radical (unpaired) electrons. The molecule has 4 rings (SSSR count). The number of carbonyl (C=O) groups is 1. The number of rotatable bonds is 8. The average molecular weight is 509 g/mol. The van der Waals surface area contributed by atoms with Crippen molar-refractivity contribution >= 4 is 28.4 Å². The van der Waals surface area contributed by atoms with Crippen molar-refractivity contribution in [1.29, 1.82) is 0 Å². The van der Waals surface area contributed by atoms with E-state index in [1.165, 1.54) is 6.33 Å². The number of aryl methyl sites for hydroxylation is 2. The number of anilines is 2. The van der Waals surface area contributed by atoms with Gasteiger partial charge in [-0.3, -0.25) is 4.98 Å². The minimum atomic E-state index is -0.200. The molecule has 0 bridgehead atoms. The summed E-state index contributed by atoms with van der Waals surface area (Å²) in [5.74, 6) is 8.25. The highest BCUT2D eigenvalue weighted by Gasteiger charge is 2.09. The Kier molecular flexibility index (Phi) is 8.73. The molecule has 0 aliphatic carbocycles. The van der Waals surface area contributed by atoms with Gasteiger partial charge in [0.05, 0.1) is 18.3 Å². The van der Waals surface area contributed by atoms with Crippen molar-refractivity contribution < 1.29 is 9.53 Å². The van der Waals surface area contributed by atoms with Crippen molar-refractivity contribution in [3.05, 3.63) is 77.9 Å². The second kappa shape index (κ2) is 12.5. The topological polar surface area (TPSA) is 101 Å². The number of pyridine rings is 1. The van der Waals surface area contributed by atoms with Gasteiger partial charge in [-0.15, -0.1) is 0 Å². The van der Waals surface area contributed by atoms with Crippen LogP contribution in [0.2, 0.25) is 0 Å². The lowest BCUT2D eigenvalue weighted by Crippen LogP contribution is -2.41. The van der Waals surface area contributed by atoms with Crippen LogP contribution in [-0.4, -0.2) is 33.6 Å². The molecule has 38 heavy (non-hydrogen) atoms. The smallest absolute Gasteiger partial charge is 0.315 e. The number of carbonyl (C=O) groups excluding carboxylic acids is 1. The Morgan fingerprint density at radius 2 is 1.84 bits per heavy atom. The van der Waals surface area contributed by atoms with Gasteiger partial charge in [-0.25, -0.2) is 14.8 Å². The molecule has 0 aliphatic rings. The zero-order chi connectivity index (χ0) is 26.9. The molecule has 0 saturated heterocycles. The first-order valence-electron chi connectivity index (χ1n) is 12.7. The number of aromatic nitrogens is 3. The lowest BCUT2D eigenvalue weighted by atomic mass is 10.1. The molecular weight excluding hydrogens is 476 g/mol. The van der Waals surface area contributed by atoms with Crippen LogP contribution in [0, 0.1) is 25.7 Å². The summed E-state index contributed by atoms with van der Waals surface area (Å²) in [4.78, 5) is 25.1. The van der Waals surface area contributed by atoms with E-state index in [2.05, 4.69) is 56.6 Å². The van der Waals surface area contributed by atoms with Crippen LogP contribution in [0.5, 0.6) is 11.5 Å². The van der Waals surface area contributed by atoms with Crippen LogP contribution in [0.4, 0.5) is 16.3 Å². The maximum absolute atomic E-state index is 12.0. The molecule has 2 aromatic carbocycles. The predicted molar refractivity (Wildman–Crippen MR) is 151 cm³/mol. The first-order valence-corrected chi connectivity index (χ1v) is 12.7. The highest BCUT2D eigenvalue weighted by atomic mass is 16.5. The number of nitrogens with zero attached hydrogens (tertiary/aromatic N) is 3. The van der Waals surface area contributed by atoms with Gasteiger partial charge in [-0.1, -0.05) is 25.7 Å². The van der Waals surface area contributed by atoms with E-state index < -0.39 is 0 Å². The molecule has 8 heteroatoms. The summed E-state index contributed by atoms with van der Waals surface area (Å²) < 4.78 is 5.99.